The van der Waals surface area contributed by atoms with Gasteiger partial charge in [-0.3, -0.25) is 0 Å². The summed E-state index contributed by atoms with van der Waals surface area (Å²) in [6.07, 6.45) is 1.63. The van der Waals surface area contributed by atoms with Crippen LogP contribution in [0.5, 0.6) is 0 Å². The summed E-state index contributed by atoms with van der Waals surface area (Å²) in [4.78, 5) is 10.7. The third kappa shape index (κ3) is 7.52. The van der Waals surface area contributed by atoms with Crippen molar-refractivity contribution in [3.8, 4) is 0 Å². The fourth-order valence-electron chi connectivity index (χ4n) is 0.518. The lowest BCUT2D eigenvalue weighted by atomic mass is 10.4. The molecule has 1 amide bonds. The fourth-order valence-corrected chi connectivity index (χ4v) is 0.630. The Morgan fingerprint density at radius 3 is 2.91 bits per heavy atom. The summed E-state index contributed by atoms with van der Waals surface area (Å²) in [5, 5.41) is 2.55. The standard InChI is InChI=1S/C7H15NO2S/c1-2-3-5-10-7(9)8-4-6-11/h11H,2-6H2,1H3,(H,8,9). The van der Waals surface area contributed by atoms with Crippen molar-refractivity contribution in [2.24, 2.45) is 0 Å². The molecule has 0 saturated heterocycles. The van der Waals surface area contributed by atoms with Gasteiger partial charge >= 0.3 is 6.09 Å². The smallest absolute Gasteiger partial charge is 0.407 e. The van der Waals surface area contributed by atoms with Crippen molar-refractivity contribution in [2.45, 2.75) is 19.8 Å². The highest BCUT2D eigenvalue weighted by atomic mass is 32.1. The van der Waals surface area contributed by atoms with Crippen LogP contribution in [0.3, 0.4) is 0 Å². The first kappa shape index (κ1) is 10.6. The molecule has 0 heterocycles. The van der Waals surface area contributed by atoms with Crippen LogP contribution in [-0.2, 0) is 4.74 Å². The SMILES string of the molecule is CCCCOC(=O)NCCS. The van der Waals surface area contributed by atoms with E-state index in [1.54, 1.807) is 0 Å². The number of hydrogen-bond acceptors (Lipinski definition) is 3. The highest BCUT2D eigenvalue weighted by Gasteiger charge is 1.97. The second-order valence-electron chi connectivity index (χ2n) is 2.14. The third-order valence-electron chi connectivity index (χ3n) is 1.11. The van der Waals surface area contributed by atoms with Gasteiger partial charge in [0.05, 0.1) is 6.61 Å². The van der Waals surface area contributed by atoms with Gasteiger partial charge in [0, 0.05) is 12.3 Å². The lowest BCUT2D eigenvalue weighted by molar-refractivity contribution is 0.145. The number of unbranched alkanes of at least 4 members (excludes halogenated alkanes) is 1. The molecule has 0 aromatic rings. The molecule has 0 radical (unpaired) electrons. The number of carbonyl (C=O) groups excluding carboxylic acids is 1. The number of alkyl carbamates (subject to hydrolysis) is 1. The molecule has 0 aliphatic rings. The van der Waals surface area contributed by atoms with Gasteiger partial charge in [0.15, 0.2) is 0 Å². The van der Waals surface area contributed by atoms with E-state index in [1.165, 1.54) is 0 Å². The van der Waals surface area contributed by atoms with Gasteiger partial charge in [0.2, 0.25) is 0 Å². The summed E-state index contributed by atoms with van der Waals surface area (Å²) in [6, 6.07) is 0. The minimum Gasteiger partial charge on any atom is -0.450 e. The molecule has 0 aromatic heterocycles. The fraction of sp³-hybridized carbons (Fsp3) is 0.857. The van der Waals surface area contributed by atoms with Crippen LogP contribution in [0.15, 0.2) is 0 Å². The van der Waals surface area contributed by atoms with E-state index in [4.69, 9.17) is 4.74 Å². The summed E-state index contributed by atoms with van der Waals surface area (Å²) < 4.78 is 4.80. The van der Waals surface area contributed by atoms with E-state index < -0.39 is 0 Å². The first-order valence-electron chi connectivity index (χ1n) is 3.82. The van der Waals surface area contributed by atoms with E-state index in [9.17, 15) is 4.79 Å². The topological polar surface area (TPSA) is 38.3 Å². The highest BCUT2D eigenvalue weighted by Crippen LogP contribution is 1.87. The van der Waals surface area contributed by atoms with E-state index in [1.807, 2.05) is 0 Å². The Hall–Kier alpha value is -0.380. The van der Waals surface area contributed by atoms with E-state index in [0.717, 1.165) is 12.8 Å². The Morgan fingerprint density at radius 1 is 1.64 bits per heavy atom. The van der Waals surface area contributed by atoms with Gasteiger partial charge in [-0.25, -0.2) is 4.79 Å². The second kappa shape index (κ2) is 7.72. The van der Waals surface area contributed by atoms with Crippen molar-refractivity contribution in [2.75, 3.05) is 18.9 Å². The molecule has 0 fully saturated rings. The summed E-state index contributed by atoms with van der Waals surface area (Å²) in [5.74, 6) is 0.642. The van der Waals surface area contributed by atoms with Crippen molar-refractivity contribution in [1.29, 1.82) is 0 Å². The number of carbonyl (C=O) groups is 1. The molecule has 0 spiro atoms. The quantitative estimate of drug-likeness (QED) is 0.492. The van der Waals surface area contributed by atoms with Gasteiger partial charge in [-0.05, 0) is 6.42 Å². The predicted octanol–water partition coefficient (Wildman–Crippen LogP) is 1.44. The molecule has 0 rings (SSSR count). The van der Waals surface area contributed by atoms with Crippen molar-refractivity contribution in [1.82, 2.24) is 5.32 Å². The Labute approximate surface area is 72.9 Å². The molecule has 3 nitrogen and oxygen atoms in total. The number of nitrogens with one attached hydrogen (secondary N) is 1. The van der Waals surface area contributed by atoms with E-state index >= 15 is 0 Å². The molecule has 0 aliphatic heterocycles. The molecule has 0 aliphatic carbocycles. The maximum atomic E-state index is 10.7. The molecule has 0 bridgehead atoms. The van der Waals surface area contributed by atoms with E-state index in [2.05, 4.69) is 24.9 Å². The van der Waals surface area contributed by atoms with E-state index in [0.29, 0.717) is 18.9 Å². The van der Waals surface area contributed by atoms with Gasteiger partial charge < -0.3 is 10.1 Å². The summed E-state index contributed by atoms with van der Waals surface area (Å²) in [7, 11) is 0. The van der Waals surface area contributed by atoms with Crippen LogP contribution in [0.2, 0.25) is 0 Å². The van der Waals surface area contributed by atoms with Crippen LogP contribution in [-0.4, -0.2) is 25.0 Å². The molecule has 1 N–H and O–H groups in total. The Balaban J connectivity index is 3.09. The number of amides is 1. The summed E-state index contributed by atoms with van der Waals surface area (Å²) in [6.45, 7) is 3.12. The molecule has 0 unspecified atom stereocenters. The van der Waals surface area contributed by atoms with Gasteiger partial charge in [0.25, 0.3) is 0 Å². The molecule has 11 heavy (non-hydrogen) atoms. The van der Waals surface area contributed by atoms with Crippen LogP contribution in [0.25, 0.3) is 0 Å². The zero-order valence-corrected chi connectivity index (χ0v) is 7.69. The first-order valence-corrected chi connectivity index (χ1v) is 4.46. The van der Waals surface area contributed by atoms with Crippen LogP contribution in [0, 0.1) is 0 Å². The predicted molar refractivity (Wildman–Crippen MR) is 48.1 cm³/mol. The molecule has 0 atom stereocenters. The van der Waals surface area contributed by atoms with Crippen LogP contribution in [0.1, 0.15) is 19.8 Å². The lowest BCUT2D eigenvalue weighted by Crippen LogP contribution is -2.26. The molecular weight excluding hydrogens is 162 g/mol. The third-order valence-corrected chi connectivity index (χ3v) is 1.34. The van der Waals surface area contributed by atoms with Crippen molar-refractivity contribution in [3.05, 3.63) is 0 Å². The molecule has 0 aromatic carbocycles. The minimum absolute atomic E-state index is 0.340. The van der Waals surface area contributed by atoms with Crippen molar-refractivity contribution in [3.63, 3.8) is 0 Å². The highest BCUT2D eigenvalue weighted by molar-refractivity contribution is 7.80. The van der Waals surface area contributed by atoms with Gasteiger partial charge in [-0.1, -0.05) is 13.3 Å². The Kier molecular flexibility index (Phi) is 7.46. The zero-order valence-electron chi connectivity index (χ0n) is 6.80. The normalized spacial score (nSPS) is 9.27. The summed E-state index contributed by atoms with van der Waals surface area (Å²) >= 11 is 3.93. The Morgan fingerprint density at radius 2 is 2.36 bits per heavy atom. The number of rotatable bonds is 5. The Bertz CT molecular complexity index is 109. The maximum Gasteiger partial charge on any atom is 0.407 e. The largest absolute Gasteiger partial charge is 0.450 e. The van der Waals surface area contributed by atoms with Gasteiger partial charge in [-0.15, -0.1) is 0 Å². The molecule has 0 saturated carbocycles. The number of ether oxygens (including phenoxy) is 1. The summed E-state index contributed by atoms with van der Waals surface area (Å²) in [5.41, 5.74) is 0. The number of hydrogen-bond donors (Lipinski definition) is 2. The average molecular weight is 177 g/mol. The van der Waals surface area contributed by atoms with Gasteiger partial charge in [-0.2, -0.15) is 12.6 Å². The monoisotopic (exact) mass is 177 g/mol. The van der Waals surface area contributed by atoms with Crippen molar-refractivity contribution >= 4 is 18.7 Å². The van der Waals surface area contributed by atoms with Crippen LogP contribution in [0.4, 0.5) is 4.79 Å². The minimum atomic E-state index is -0.340. The lowest BCUT2D eigenvalue weighted by Gasteiger charge is -2.03. The van der Waals surface area contributed by atoms with Crippen molar-refractivity contribution < 1.29 is 9.53 Å². The zero-order chi connectivity index (χ0) is 8.53. The average Bonchev–Trinajstić information content (AvgIpc) is 2.01. The second-order valence-corrected chi connectivity index (χ2v) is 2.59. The maximum absolute atomic E-state index is 10.7. The van der Waals surface area contributed by atoms with Crippen LogP contribution < -0.4 is 5.32 Å². The molecule has 66 valence electrons. The van der Waals surface area contributed by atoms with Gasteiger partial charge in [0.1, 0.15) is 0 Å². The molecular formula is C7H15NO2S. The van der Waals surface area contributed by atoms with Crippen LogP contribution >= 0.6 is 12.6 Å². The molecule has 4 heteroatoms. The number of thiol groups is 1. The first-order chi connectivity index (χ1) is 5.31. The van der Waals surface area contributed by atoms with E-state index in [-0.39, 0.29) is 6.09 Å².